The van der Waals surface area contributed by atoms with Crippen LogP contribution in [0.15, 0.2) is 0 Å². The molecule has 1 unspecified atom stereocenters. The summed E-state index contributed by atoms with van der Waals surface area (Å²) in [5, 5.41) is 9.00. The first kappa shape index (κ1) is 15.3. The summed E-state index contributed by atoms with van der Waals surface area (Å²) >= 11 is 0. The Morgan fingerprint density at radius 2 is 1.70 bits per heavy atom. The Labute approximate surface area is 121 Å². The topological polar surface area (TPSA) is 57.6 Å². The third-order valence-electron chi connectivity index (χ3n) is 4.83. The minimum absolute atomic E-state index is 0.0726. The maximum absolute atomic E-state index is 12.5. The highest BCUT2D eigenvalue weighted by atomic mass is 16.4. The number of nitrogens with zero attached hydrogens (tertiary/aromatic N) is 1. The van der Waals surface area contributed by atoms with Crippen LogP contribution in [-0.2, 0) is 9.59 Å². The smallest absolute Gasteiger partial charge is 0.306 e. The van der Waals surface area contributed by atoms with Crippen LogP contribution >= 0.6 is 0 Å². The van der Waals surface area contributed by atoms with Crippen molar-refractivity contribution in [2.24, 2.45) is 23.7 Å². The van der Waals surface area contributed by atoms with Crippen molar-refractivity contribution in [2.45, 2.75) is 52.4 Å². The largest absolute Gasteiger partial charge is 0.481 e. The van der Waals surface area contributed by atoms with E-state index in [0.29, 0.717) is 24.7 Å². The second kappa shape index (κ2) is 6.59. The van der Waals surface area contributed by atoms with Crippen molar-refractivity contribution in [1.29, 1.82) is 0 Å². The molecule has 4 heteroatoms. The Kier molecular flexibility index (Phi) is 5.06. The van der Waals surface area contributed by atoms with Gasteiger partial charge < -0.3 is 10.0 Å². The SMILES string of the molecule is CC(C)CC1CCN(C(=O)C2CCC(C(=O)O)CC2)C1. The number of carboxylic acids is 1. The van der Waals surface area contributed by atoms with Crippen molar-refractivity contribution >= 4 is 11.9 Å². The van der Waals surface area contributed by atoms with Gasteiger partial charge >= 0.3 is 5.97 Å². The van der Waals surface area contributed by atoms with E-state index in [2.05, 4.69) is 13.8 Å². The number of hydrogen-bond acceptors (Lipinski definition) is 2. The third kappa shape index (κ3) is 3.74. The molecule has 0 bridgehead atoms. The molecule has 0 aromatic carbocycles. The minimum Gasteiger partial charge on any atom is -0.481 e. The summed E-state index contributed by atoms with van der Waals surface area (Å²) in [7, 11) is 0. The molecule has 0 aromatic rings. The van der Waals surface area contributed by atoms with Crippen molar-refractivity contribution in [2.75, 3.05) is 13.1 Å². The first-order chi connectivity index (χ1) is 9.47. The summed E-state index contributed by atoms with van der Waals surface area (Å²) in [6.07, 6.45) is 5.16. The normalized spacial score (nSPS) is 30.8. The highest BCUT2D eigenvalue weighted by Crippen LogP contribution is 2.32. The molecular formula is C16H27NO3. The van der Waals surface area contributed by atoms with E-state index >= 15 is 0 Å². The van der Waals surface area contributed by atoms with E-state index in [-0.39, 0.29) is 17.7 Å². The Bertz CT molecular complexity index is 359. The van der Waals surface area contributed by atoms with Crippen molar-refractivity contribution in [3.8, 4) is 0 Å². The summed E-state index contributed by atoms with van der Waals surface area (Å²) in [5.41, 5.74) is 0. The van der Waals surface area contributed by atoms with E-state index < -0.39 is 5.97 Å². The molecule has 1 aliphatic carbocycles. The highest BCUT2D eigenvalue weighted by molar-refractivity contribution is 5.79. The molecule has 114 valence electrons. The standard InChI is InChI=1S/C16H27NO3/c1-11(2)9-12-7-8-17(10-12)15(18)13-3-5-14(6-4-13)16(19)20/h11-14H,3-10H2,1-2H3,(H,19,20). The average molecular weight is 281 g/mol. The van der Waals surface area contributed by atoms with Crippen molar-refractivity contribution in [3.63, 3.8) is 0 Å². The van der Waals surface area contributed by atoms with Crippen LogP contribution in [0.3, 0.4) is 0 Å². The van der Waals surface area contributed by atoms with Crippen LogP contribution in [0.2, 0.25) is 0 Å². The third-order valence-corrected chi connectivity index (χ3v) is 4.83. The van der Waals surface area contributed by atoms with Gasteiger partial charge in [0.2, 0.25) is 5.91 Å². The van der Waals surface area contributed by atoms with Gasteiger partial charge in [0.25, 0.3) is 0 Å². The molecule has 1 N–H and O–H groups in total. The van der Waals surface area contributed by atoms with Crippen LogP contribution in [0, 0.1) is 23.7 Å². The lowest BCUT2D eigenvalue weighted by Crippen LogP contribution is -2.37. The van der Waals surface area contributed by atoms with Gasteiger partial charge in [-0.2, -0.15) is 0 Å². The van der Waals surface area contributed by atoms with Gasteiger partial charge in [-0.1, -0.05) is 13.8 Å². The van der Waals surface area contributed by atoms with E-state index in [9.17, 15) is 9.59 Å². The first-order valence-corrected chi connectivity index (χ1v) is 7.99. The molecule has 1 saturated heterocycles. The van der Waals surface area contributed by atoms with Gasteiger partial charge in [0.1, 0.15) is 0 Å². The summed E-state index contributed by atoms with van der Waals surface area (Å²) < 4.78 is 0. The van der Waals surface area contributed by atoms with Crippen molar-refractivity contribution < 1.29 is 14.7 Å². The molecule has 1 saturated carbocycles. The quantitative estimate of drug-likeness (QED) is 0.862. The molecule has 1 atom stereocenters. The van der Waals surface area contributed by atoms with E-state index in [1.54, 1.807) is 0 Å². The van der Waals surface area contributed by atoms with Crippen LogP contribution in [0.5, 0.6) is 0 Å². The Morgan fingerprint density at radius 3 is 2.25 bits per heavy atom. The highest BCUT2D eigenvalue weighted by Gasteiger charge is 2.34. The van der Waals surface area contributed by atoms with Gasteiger partial charge in [0, 0.05) is 19.0 Å². The van der Waals surface area contributed by atoms with Gasteiger partial charge in [0.15, 0.2) is 0 Å². The second-order valence-corrected chi connectivity index (χ2v) is 6.96. The Balaban J connectivity index is 1.80. The van der Waals surface area contributed by atoms with Crippen molar-refractivity contribution in [1.82, 2.24) is 4.90 Å². The zero-order valence-electron chi connectivity index (χ0n) is 12.7. The zero-order valence-corrected chi connectivity index (χ0v) is 12.7. The molecule has 0 spiro atoms. The number of carbonyl (C=O) groups excluding carboxylic acids is 1. The maximum atomic E-state index is 12.5. The van der Waals surface area contributed by atoms with Gasteiger partial charge in [-0.25, -0.2) is 0 Å². The maximum Gasteiger partial charge on any atom is 0.306 e. The lowest BCUT2D eigenvalue weighted by atomic mass is 9.81. The molecule has 1 heterocycles. The number of carbonyl (C=O) groups is 2. The number of amides is 1. The molecular weight excluding hydrogens is 254 g/mol. The van der Waals surface area contributed by atoms with Crippen LogP contribution < -0.4 is 0 Å². The van der Waals surface area contributed by atoms with Crippen LogP contribution in [-0.4, -0.2) is 35.0 Å². The zero-order chi connectivity index (χ0) is 14.7. The van der Waals surface area contributed by atoms with Crippen LogP contribution in [0.4, 0.5) is 0 Å². The predicted molar refractivity (Wildman–Crippen MR) is 77.2 cm³/mol. The summed E-state index contributed by atoms with van der Waals surface area (Å²) in [4.78, 5) is 25.5. The number of rotatable bonds is 4. The fraction of sp³-hybridized carbons (Fsp3) is 0.875. The average Bonchev–Trinajstić information content (AvgIpc) is 2.85. The number of carboxylic acid groups (broad SMARTS) is 1. The van der Waals surface area contributed by atoms with Gasteiger partial charge in [0.05, 0.1) is 5.92 Å². The number of hydrogen-bond donors (Lipinski definition) is 1. The van der Waals surface area contributed by atoms with E-state index in [1.165, 1.54) is 6.42 Å². The summed E-state index contributed by atoms with van der Waals surface area (Å²) in [6.45, 7) is 6.28. The molecule has 2 fully saturated rings. The van der Waals surface area contributed by atoms with Gasteiger partial charge in [-0.15, -0.1) is 0 Å². The lowest BCUT2D eigenvalue weighted by Gasteiger charge is -2.29. The molecule has 1 amide bonds. The molecule has 20 heavy (non-hydrogen) atoms. The fourth-order valence-electron chi connectivity index (χ4n) is 3.74. The van der Waals surface area contributed by atoms with Crippen LogP contribution in [0.1, 0.15) is 52.4 Å². The molecule has 4 nitrogen and oxygen atoms in total. The van der Waals surface area contributed by atoms with E-state index in [0.717, 1.165) is 32.4 Å². The van der Waals surface area contributed by atoms with E-state index in [4.69, 9.17) is 5.11 Å². The fourth-order valence-corrected chi connectivity index (χ4v) is 3.74. The second-order valence-electron chi connectivity index (χ2n) is 6.96. The molecule has 0 aromatic heterocycles. The van der Waals surface area contributed by atoms with Gasteiger partial charge in [-0.05, 0) is 50.4 Å². The molecule has 1 aliphatic heterocycles. The summed E-state index contributed by atoms with van der Waals surface area (Å²) in [5.74, 6) is 0.777. The molecule has 0 radical (unpaired) electrons. The minimum atomic E-state index is -0.700. The number of likely N-dealkylation sites (tertiary alicyclic amines) is 1. The molecule has 2 rings (SSSR count). The summed E-state index contributed by atoms with van der Waals surface area (Å²) in [6, 6.07) is 0. The van der Waals surface area contributed by atoms with E-state index in [1.807, 2.05) is 4.90 Å². The predicted octanol–water partition coefficient (Wildman–Crippen LogP) is 2.77. The van der Waals surface area contributed by atoms with Gasteiger partial charge in [-0.3, -0.25) is 9.59 Å². The monoisotopic (exact) mass is 281 g/mol. The Hall–Kier alpha value is -1.06. The molecule has 2 aliphatic rings. The number of aliphatic carboxylic acids is 1. The van der Waals surface area contributed by atoms with Crippen molar-refractivity contribution in [3.05, 3.63) is 0 Å². The Morgan fingerprint density at radius 1 is 1.10 bits per heavy atom. The first-order valence-electron chi connectivity index (χ1n) is 7.99. The van der Waals surface area contributed by atoms with Crippen LogP contribution in [0.25, 0.3) is 0 Å². The lowest BCUT2D eigenvalue weighted by molar-refractivity contribution is -0.145.